The molecular weight excluding hydrogens is 308 g/mol. The Morgan fingerprint density at radius 2 is 2.09 bits per heavy atom. The molecule has 118 valence electrons. The molecular formula is C18H18N2O2S. The summed E-state index contributed by atoms with van der Waals surface area (Å²) in [6.07, 6.45) is 2.35. The van der Waals surface area contributed by atoms with E-state index in [2.05, 4.69) is 5.32 Å². The van der Waals surface area contributed by atoms with Gasteiger partial charge >= 0.3 is 0 Å². The molecule has 0 bridgehead atoms. The highest BCUT2D eigenvalue weighted by Crippen LogP contribution is 2.29. The lowest BCUT2D eigenvalue weighted by molar-refractivity contribution is -0.117. The lowest BCUT2D eigenvalue weighted by Crippen LogP contribution is -2.26. The molecule has 5 heteroatoms. The maximum atomic E-state index is 12.0. The van der Waals surface area contributed by atoms with Gasteiger partial charge in [-0.25, -0.2) is 0 Å². The highest BCUT2D eigenvalue weighted by Gasteiger charge is 2.09. The van der Waals surface area contributed by atoms with Gasteiger partial charge in [0, 0.05) is 30.0 Å². The Bertz CT molecular complexity index is 714. The minimum Gasteiger partial charge on any atom is -0.385 e. The number of carbonyl (C=O) groups excluding carboxylic acids is 1. The van der Waals surface area contributed by atoms with Crippen LogP contribution in [0.2, 0.25) is 0 Å². The number of hydrogen-bond donors (Lipinski definition) is 1. The van der Waals surface area contributed by atoms with E-state index in [4.69, 9.17) is 4.74 Å². The van der Waals surface area contributed by atoms with Gasteiger partial charge < -0.3 is 10.1 Å². The molecule has 0 saturated heterocycles. The summed E-state index contributed by atoms with van der Waals surface area (Å²) in [4.78, 5) is 14.0. The third kappa shape index (κ3) is 5.06. The van der Waals surface area contributed by atoms with Crippen LogP contribution in [0, 0.1) is 11.3 Å². The van der Waals surface area contributed by atoms with Crippen LogP contribution in [0.4, 0.5) is 0 Å². The SMILES string of the molecule is COCCCNC(=O)/C(C#N)=C/c1ccc(-c2ccccc2)s1. The zero-order valence-corrected chi connectivity index (χ0v) is 13.7. The zero-order chi connectivity index (χ0) is 16.5. The summed E-state index contributed by atoms with van der Waals surface area (Å²) >= 11 is 1.55. The van der Waals surface area contributed by atoms with Crippen molar-refractivity contribution in [2.24, 2.45) is 0 Å². The van der Waals surface area contributed by atoms with Crippen molar-refractivity contribution >= 4 is 23.3 Å². The second kappa shape index (κ2) is 8.89. The number of hydrogen-bond acceptors (Lipinski definition) is 4. The van der Waals surface area contributed by atoms with Gasteiger partial charge in [0.25, 0.3) is 5.91 Å². The molecule has 0 fully saturated rings. The quantitative estimate of drug-likeness (QED) is 0.481. The molecule has 0 unspecified atom stereocenters. The van der Waals surface area contributed by atoms with Gasteiger partial charge in [-0.15, -0.1) is 11.3 Å². The summed E-state index contributed by atoms with van der Waals surface area (Å²) in [5, 5.41) is 11.9. The van der Waals surface area contributed by atoms with Gasteiger partial charge in [0.05, 0.1) is 0 Å². The van der Waals surface area contributed by atoms with Gasteiger partial charge in [-0.3, -0.25) is 4.79 Å². The van der Waals surface area contributed by atoms with E-state index in [0.29, 0.717) is 13.2 Å². The Kier molecular flexibility index (Phi) is 6.55. The fourth-order valence-corrected chi connectivity index (χ4v) is 2.95. The number of amides is 1. The lowest BCUT2D eigenvalue weighted by Gasteiger charge is -2.03. The average Bonchev–Trinajstić information content (AvgIpc) is 3.06. The molecule has 4 nitrogen and oxygen atoms in total. The van der Waals surface area contributed by atoms with Crippen molar-refractivity contribution in [3.05, 3.63) is 52.9 Å². The highest BCUT2D eigenvalue weighted by molar-refractivity contribution is 7.16. The molecule has 2 rings (SSSR count). The normalized spacial score (nSPS) is 11.0. The van der Waals surface area contributed by atoms with Crippen LogP contribution in [0.25, 0.3) is 16.5 Å². The number of benzene rings is 1. The Labute approximate surface area is 140 Å². The van der Waals surface area contributed by atoms with E-state index in [-0.39, 0.29) is 11.5 Å². The molecule has 0 aliphatic rings. The molecule has 23 heavy (non-hydrogen) atoms. The maximum absolute atomic E-state index is 12.0. The van der Waals surface area contributed by atoms with Gasteiger partial charge in [-0.2, -0.15) is 5.26 Å². The van der Waals surface area contributed by atoms with Gasteiger partial charge in [-0.05, 0) is 30.2 Å². The molecule has 1 amide bonds. The first-order valence-corrected chi connectivity index (χ1v) is 8.10. The van der Waals surface area contributed by atoms with Crippen molar-refractivity contribution in [2.75, 3.05) is 20.3 Å². The van der Waals surface area contributed by atoms with Crippen molar-refractivity contribution in [1.29, 1.82) is 5.26 Å². The lowest BCUT2D eigenvalue weighted by atomic mass is 10.2. The van der Waals surface area contributed by atoms with E-state index in [1.807, 2.05) is 48.5 Å². The highest BCUT2D eigenvalue weighted by atomic mass is 32.1. The molecule has 1 heterocycles. The van der Waals surface area contributed by atoms with Crippen LogP contribution in [-0.4, -0.2) is 26.2 Å². The topological polar surface area (TPSA) is 62.1 Å². The van der Waals surface area contributed by atoms with Gasteiger partial charge in [-0.1, -0.05) is 30.3 Å². The monoisotopic (exact) mass is 326 g/mol. The predicted molar refractivity (Wildman–Crippen MR) is 92.8 cm³/mol. The summed E-state index contributed by atoms with van der Waals surface area (Å²) in [7, 11) is 1.61. The van der Waals surface area contributed by atoms with E-state index in [1.54, 1.807) is 24.5 Å². The number of nitrogens with zero attached hydrogens (tertiary/aromatic N) is 1. The molecule has 0 aliphatic heterocycles. The van der Waals surface area contributed by atoms with E-state index >= 15 is 0 Å². The van der Waals surface area contributed by atoms with E-state index < -0.39 is 0 Å². The summed E-state index contributed by atoms with van der Waals surface area (Å²) in [6, 6.07) is 15.9. The first-order valence-electron chi connectivity index (χ1n) is 7.29. The van der Waals surface area contributed by atoms with Crippen molar-refractivity contribution in [3.8, 4) is 16.5 Å². The number of carbonyl (C=O) groups is 1. The van der Waals surface area contributed by atoms with Crippen LogP contribution in [0.3, 0.4) is 0 Å². The number of rotatable bonds is 7. The Balaban J connectivity index is 2.05. The minimum atomic E-state index is -0.349. The fraction of sp³-hybridized carbons (Fsp3) is 0.222. The Hall–Kier alpha value is -2.42. The number of thiophene rings is 1. The number of methoxy groups -OCH3 is 1. The van der Waals surface area contributed by atoms with Crippen molar-refractivity contribution in [2.45, 2.75) is 6.42 Å². The third-order valence-corrected chi connectivity index (χ3v) is 4.23. The van der Waals surface area contributed by atoms with E-state index in [1.165, 1.54) is 0 Å². The van der Waals surface area contributed by atoms with Crippen LogP contribution >= 0.6 is 11.3 Å². The van der Waals surface area contributed by atoms with E-state index in [0.717, 1.165) is 21.7 Å². The zero-order valence-electron chi connectivity index (χ0n) is 12.9. The van der Waals surface area contributed by atoms with Crippen LogP contribution in [-0.2, 0) is 9.53 Å². The second-order valence-electron chi connectivity index (χ2n) is 4.84. The number of nitrogens with one attached hydrogen (secondary N) is 1. The summed E-state index contributed by atoms with van der Waals surface area (Å²) in [5.74, 6) is -0.349. The summed E-state index contributed by atoms with van der Waals surface area (Å²) in [6.45, 7) is 1.07. The minimum absolute atomic E-state index is 0.115. The average molecular weight is 326 g/mol. The summed E-state index contributed by atoms with van der Waals surface area (Å²) < 4.78 is 4.92. The number of nitriles is 1. The predicted octanol–water partition coefficient (Wildman–Crippen LogP) is 3.47. The number of ether oxygens (including phenoxy) is 1. The molecule has 0 saturated carbocycles. The molecule has 0 atom stereocenters. The molecule has 0 radical (unpaired) electrons. The van der Waals surface area contributed by atoms with Gasteiger partial charge in [0.1, 0.15) is 11.6 Å². The van der Waals surface area contributed by atoms with Crippen molar-refractivity contribution in [3.63, 3.8) is 0 Å². The van der Waals surface area contributed by atoms with Crippen LogP contribution in [0.5, 0.6) is 0 Å². The second-order valence-corrected chi connectivity index (χ2v) is 5.96. The van der Waals surface area contributed by atoms with Crippen LogP contribution < -0.4 is 5.32 Å². The Morgan fingerprint density at radius 1 is 1.30 bits per heavy atom. The van der Waals surface area contributed by atoms with Crippen LogP contribution in [0.15, 0.2) is 48.0 Å². The fourth-order valence-electron chi connectivity index (χ4n) is 1.99. The molecule has 2 aromatic rings. The maximum Gasteiger partial charge on any atom is 0.261 e. The molecule has 0 spiro atoms. The molecule has 1 N–H and O–H groups in total. The molecule has 1 aromatic heterocycles. The van der Waals surface area contributed by atoms with Crippen molar-refractivity contribution < 1.29 is 9.53 Å². The first kappa shape index (κ1) is 16.9. The van der Waals surface area contributed by atoms with Crippen molar-refractivity contribution in [1.82, 2.24) is 5.32 Å². The smallest absolute Gasteiger partial charge is 0.261 e. The molecule has 0 aliphatic carbocycles. The first-order chi connectivity index (χ1) is 11.2. The van der Waals surface area contributed by atoms with E-state index in [9.17, 15) is 10.1 Å². The van der Waals surface area contributed by atoms with Crippen LogP contribution in [0.1, 0.15) is 11.3 Å². The summed E-state index contributed by atoms with van der Waals surface area (Å²) in [5.41, 5.74) is 1.24. The van der Waals surface area contributed by atoms with Gasteiger partial charge in [0.15, 0.2) is 0 Å². The third-order valence-electron chi connectivity index (χ3n) is 3.15. The van der Waals surface area contributed by atoms with Gasteiger partial charge in [0.2, 0.25) is 0 Å². The standard InChI is InChI=1S/C18H18N2O2S/c1-22-11-5-10-20-18(21)15(13-19)12-16-8-9-17(23-16)14-6-3-2-4-7-14/h2-4,6-9,12H,5,10-11H2,1H3,(H,20,21)/b15-12+. The molecule has 1 aromatic carbocycles. The largest absolute Gasteiger partial charge is 0.385 e. The Morgan fingerprint density at radius 3 is 2.78 bits per heavy atom.